The lowest BCUT2D eigenvalue weighted by molar-refractivity contribution is 0.0935. The van der Waals surface area contributed by atoms with Crippen LogP contribution in [0.5, 0.6) is 0 Å². The first-order valence-corrected chi connectivity index (χ1v) is 7.75. The van der Waals surface area contributed by atoms with Crippen LogP contribution in [0.2, 0.25) is 0 Å². The highest BCUT2D eigenvalue weighted by atomic mass is 79.9. The molecule has 5 heteroatoms. The molecule has 1 heterocycles. The quantitative estimate of drug-likeness (QED) is 0.751. The van der Waals surface area contributed by atoms with Gasteiger partial charge in [-0.25, -0.2) is 0 Å². The summed E-state index contributed by atoms with van der Waals surface area (Å²) in [5.74, 6) is 0.756. The number of Topliss-reactive ketones (excluding diaryl/α,β-unsaturated/α-hetero) is 1. The zero-order chi connectivity index (χ0) is 13.7. The molecule has 0 aromatic carbocycles. The molecule has 0 radical (unpaired) electrons. The molecule has 0 saturated heterocycles. The minimum absolute atomic E-state index is 0.201. The van der Waals surface area contributed by atoms with E-state index in [0.717, 1.165) is 4.47 Å². The summed E-state index contributed by atoms with van der Waals surface area (Å²) in [6.07, 6.45) is 8.58. The summed E-state index contributed by atoms with van der Waals surface area (Å²) in [6.45, 7) is 1.19. The largest absolute Gasteiger partial charge is 0.383 e. The van der Waals surface area contributed by atoms with Gasteiger partial charge in [-0.2, -0.15) is 5.10 Å². The molecule has 0 unspecified atom stereocenters. The second-order valence-electron chi connectivity index (χ2n) is 5.19. The van der Waals surface area contributed by atoms with E-state index in [-0.39, 0.29) is 5.78 Å². The van der Waals surface area contributed by atoms with Crippen molar-refractivity contribution in [3.8, 4) is 0 Å². The average molecular weight is 329 g/mol. The number of carbonyl (C=O) groups excluding carboxylic acids is 1. The number of carbonyl (C=O) groups is 1. The van der Waals surface area contributed by atoms with Crippen LogP contribution in [0.3, 0.4) is 0 Å². The molecule has 2 rings (SSSR count). The Balaban J connectivity index is 2.02. The topological polar surface area (TPSA) is 44.1 Å². The van der Waals surface area contributed by atoms with Gasteiger partial charge in [0.05, 0.1) is 23.8 Å². The number of nitrogens with zero attached hydrogens (tertiary/aromatic N) is 2. The second-order valence-corrected chi connectivity index (χ2v) is 6.04. The van der Waals surface area contributed by atoms with Gasteiger partial charge in [-0.15, -0.1) is 0 Å². The van der Waals surface area contributed by atoms with Crippen LogP contribution in [-0.2, 0) is 11.3 Å². The van der Waals surface area contributed by atoms with Gasteiger partial charge in [-0.1, -0.05) is 32.1 Å². The van der Waals surface area contributed by atoms with Gasteiger partial charge in [0, 0.05) is 13.5 Å². The zero-order valence-electron chi connectivity index (χ0n) is 11.4. The van der Waals surface area contributed by atoms with Crippen molar-refractivity contribution in [2.75, 3.05) is 13.7 Å². The Bertz CT molecular complexity index is 425. The molecule has 1 aliphatic rings. The number of hydrogen-bond donors (Lipinski definition) is 0. The molecule has 0 amide bonds. The number of rotatable bonds is 6. The molecule has 0 atom stereocenters. The summed E-state index contributed by atoms with van der Waals surface area (Å²) in [7, 11) is 1.65. The first kappa shape index (κ1) is 14.7. The summed E-state index contributed by atoms with van der Waals surface area (Å²) >= 11 is 3.43. The summed E-state index contributed by atoms with van der Waals surface area (Å²) in [6, 6.07) is 0. The van der Waals surface area contributed by atoms with Crippen LogP contribution < -0.4 is 0 Å². The zero-order valence-corrected chi connectivity index (χ0v) is 13.0. The molecule has 1 aromatic heterocycles. The predicted octanol–water partition coefficient (Wildman–Crippen LogP) is 3.45. The average Bonchev–Trinajstić information content (AvgIpc) is 2.78. The number of methoxy groups -OCH3 is 1. The minimum Gasteiger partial charge on any atom is -0.383 e. The number of halogens is 1. The molecule has 4 nitrogen and oxygen atoms in total. The molecule has 0 N–H and O–H groups in total. The fraction of sp³-hybridized carbons (Fsp3) is 0.714. The number of ketones is 1. The van der Waals surface area contributed by atoms with Gasteiger partial charge in [0.2, 0.25) is 0 Å². The normalized spacial score (nSPS) is 16.7. The van der Waals surface area contributed by atoms with E-state index < -0.39 is 0 Å². The van der Waals surface area contributed by atoms with Crippen molar-refractivity contribution < 1.29 is 9.53 Å². The molecule has 1 fully saturated rings. The molecule has 1 aromatic rings. The number of aromatic nitrogens is 2. The first-order chi connectivity index (χ1) is 9.22. The highest BCUT2D eigenvalue weighted by molar-refractivity contribution is 9.10. The van der Waals surface area contributed by atoms with Crippen LogP contribution in [0.25, 0.3) is 0 Å². The van der Waals surface area contributed by atoms with E-state index in [9.17, 15) is 4.79 Å². The fourth-order valence-electron chi connectivity index (χ4n) is 2.74. The van der Waals surface area contributed by atoms with E-state index in [1.54, 1.807) is 18.0 Å². The first-order valence-electron chi connectivity index (χ1n) is 6.96. The van der Waals surface area contributed by atoms with Gasteiger partial charge in [-0.3, -0.25) is 9.48 Å². The van der Waals surface area contributed by atoms with Crippen molar-refractivity contribution in [3.63, 3.8) is 0 Å². The third-order valence-electron chi connectivity index (χ3n) is 3.76. The summed E-state index contributed by atoms with van der Waals surface area (Å²) in [5.41, 5.74) is 0.697. The van der Waals surface area contributed by atoms with Crippen LogP contribution in [0, 0.1) is 5.92 Å². The van der Waals surface area contributed by atoms with Gasteiger partial charge in [-0.05, 0) is 21.8 Å². The molecule has 1 aliphatic carbocycles. The molecule has 0 spiro atoms. The van der Waals surface area contributed by atoms with Gasteiger partial charge < -0.3 is 4.74 Å². The summed E-state index contributed by atoms with van der Waals surface area (Å²) in [4.78, 5) is 12.4. The van der Waals surface area contributed by atoms with Gasteiger partial charge >= 0.3 is 0 Å². The summed E-state index contributed by atoms with van der Waals surface area (Å²) < 4.78 is 7.60. The van der Waals surface area contributed by atoms with Crippen LogP contribution in [0.1, 0.15) is 49.0 Å². The standard InChI is InChI=1S/C14H21BrN2O2/c1-19-8-7-17-14(12(15)10-16-17)13(18)9-11-5-3-2-4-6-11/h10-11H,2-9H2,1H3. The van der Waals surface area contributed by atoms with Crippen molar-refractivity contribution in [2.24, 2.45) is 5.92 Å². The van der Waals surface area contributed by atoms with E-state index in [2.05, 4.69) is 21.0 Å². The van der Waals surface area contributed by atoms with Crippen LogP contribution in [0.15, 0.2) is 10.7 Å². The van der Waals surface area contributed by atoms with Crippen molar-refractivity contribution >= 4 is 21.7 Å². The molecule has 106 valence electrons. The van der Waals surface area contributed by atoms with E-state index in [0.29, 0.717) is 31.2 Å². The minimum atomic E-state index is 0.201. The maximum atomic E-state index is 12.4. The third kappa shape index (κ3) is 3.89. The van der Waals surface area contributed by atoms with E-state index >= 15 is 0 Å². The van der Waals surface area contributed by atoms with Gasteiger partial charge in [0.1, 0.15) is 5.69 Å². The Labute approximate surface area is 122 Å². The van der Waals surface area contributed by atoms with Crippen molar-refractivity contribution in [1.82, 2.24) is 9.78 Å². The molecule has 19 heavy (non-hydrogen) atoms. The SMILES string of the molecule is COCCn1ncc(Br)c1C(=O)CC1CCCCC1. The van der Waals surface area contributed by atoms with E-state index in [1.165, 1.54) is 32.1 Å². The predicted molar refractivity (Wildman–Crippen MR) is 77.3 cm³/mol. The van der Waals surface area contributed by atoms with Crippen molar-refractivity contribution in [1.29, 1.82) is 0 Å². The van der Waals surface area contributed by atoms with E-state index in [4.69, 9.17) is 4.74 Å². The van der Waals surface area contributed by atoms with Crippen LogP contribution in [0.4, 0.5) is 0 Å². The van der Waals surface area contributed by atoms with Crippen molar-refractivity contribution in [3.05, 3.63) is 16.4 Å². The monoisotopic (exact) mass is 328 g/mol. The third-order valence-corrected chi connectivity index (χ3v) is 4.35. The highest BCUT2D eigenvalue weighted by Gasteiger charge is 2.22. The Hall–Kier alpha value is -0.680. The van der Waals surface area contributed by atoms with Crippen LogP contribution in [-0.4, -0.2) is 29.3 Å². The Kier molecular flexibility index (Phi) is 5.58. The fourth-order valence-corrected chi connectivity index (χ4v) is 3.25. The summed E-state index contributed by atoms with van der Waals surface area (Å²) in [5, 5.41) is 4.24. The van der Waals surface area contributed by atoms with Crippen LogP contribution >= 0.6 is 15.9 Å². The lowest BCUT2D eigenvalue weighted by Gasteiger charge is -2.20. The molecule has 0 bridgehead atoms. The molecule has 0 aliphatic heterocycles. The smallest absolute Gasteiger partial charge is 0.182 e. The van der Waals surface area contributed by atoms with E-state index in [1.807, 2.05) is 0 Å². The Morgan fingerprint density at radius 3 is 2.89 bits per heavy atom. The van der Waals surface area contributed by atoms with Gasteiger partial charge in [0.15, 0.2) is 5.78 Å². The Morgan fingerprint density at radius 1 is 1.47 bits per heavy atom. The lowest BCUT2D eigenvalue weighted by atomic mass is 9.85. The molecule has 1 saturated carbocycles. The number of ether oxygens (including phenoxy) is 1. The maximum absolute atomic E-state index is 12.4. The molecular weight excluding hydrogens is 308 g/mol. The van der Waals surface area contributed by atoms with Crippen molar-refractivity contribution in [2.45, 2.75) is 45.1 Å². The molecular formula is C14H21BrN2O2. The second kappa shape index (κ2) is 7.20. The maximum Gasteiger partial charge on any atom is 0.182 e. The Morgan fingerprint density at radius 2 is 2.21 bits per heavy atom. The number of hydrogen-bond acceptors (Lipinski definition) is 3. The lowest BCUT2D eigenvalue weighted by Crippen LogP contribution is -2.18. The highest BCUT2D eigenvalue weighted by Crippen LogP contribution is 2.28. The van der Waals surface area contributed by atoms with Gasteiger partial charge in [0.25, 0.3) is 0 Å².